The zero-order valence-electron chi connectivity index (χ0n) is 7.27. The number of rotatable bonds is 3. The van der Waals surface area contributed by atoms with Gasteiger partial charge in [-0.15, -0.1) is 11.3 Å². The predicted molar refractivity (Wildman–Crippen MR) is 53.4 cm³/mol. The number of hydrogen-bond acceptors (Lipinski definition) is 2. The van der Waals surface area contributed by atoms with Gasteiger partial charge in [0.2, 0.25) is 0 Å². The molecule has 7 heteroatoms. The molecule has 1 aromatic heterocycles. The van der Waals surface area contributed by atoms with Crippen LogP contribution in [0.1, 0.15) is 21.7 Å². The zero-order chi connectivity index (χ0) is 11.6. The monoisotopic (exact) mass is 302 g/mol. The highest BCUT2D eigenvalue weighted by Gasteiger charge is 2.28. The van der Waals surface area contributed by atoms with Crippen LogP contribution in [-0.2, 0) is 6.42 Å². The molecule has 0 radical (unpaired) electrons. The molecule has 0 unspecified atom stereocenters. The normalized spacial score (nSPS) is 11.7. The van der Waals surface area contributed by atoms with E-state index in [1.165, 1.54) is 6.07 Å². The van der Waals surface area contributed by atoms with E-state index in [1.807, 2.05) is 0 Å². The molecule has 0 aliphatic heterocycles. The maximum Gasteiger partial charge on any atom is 0.389 e. The van der Waals surface area contributed by atoms with Crippen LogP contribution in [0.3, 0.4) is 0 Å². The lowest BCUT2D eigenvalue weighted by Gasteiger charge is -2.04. The zero-order valence-corrected chi connectivity index (χ0v) is 9.67. The van der Waals surface area contributed by atoms with E-state index in [9.17, 15) is 18.0 Å². The summed E-state index contributed by atoms with van der Waals surface area (Å²) in [6.45, 7) is 0. The number of aromatic carboxylic acids is 1. The lowest BCUT2D eigenvalue weighted by molar-refractivity contribution is -0.134. The SMILES string of the molecule is O=C(O)c1sc(Br)cc1CCC(F)(F)F. The summed E-state index contributed by atoms with van der Waals surface area (Å²) < 4.78 is 36.3. The van der Waals surface area contributed by atoms with Gasteiger partial charge in [-0.3, -0.25) is 0 Å². The van der Waals surface area contributed by atoms with E-state index in [0.29, 0.717) is 3.79 Å². The standard InChI is InChI=1S/C8H6BrF3O2S/c9-5-3-4(1-2-8(10,11)12)6(15-5)7(13)14/h3H,1-2H2,(H,13,14). The molecule has 2 nitrogen and oxygen atoms in total. The Balaban J connectivity index is 2.80. The van der Waals surface area contributed by atoms with Crippen molar-refractivity contribution in [2.75, 3.05) is 0 Å². The molecule has 0 bridgehead atoms. The van der Waals surface area contributed by atoms with Crippen molar-refractivity contribution < 1.29 is 23.1 Å². The first-order valence-corrected chi connectivity index (χ1v) is 5.49. The first-order valence-electron chi connectivity index (χ1n) is 3.88. The summed E-state index contributed by atoms with van der Waals surface area (Å²) in [5, 5.41) is 8.72. The van der Waals surface area contributed by atoms with E-state index >= 15 is 0 Å². The highest BCUT2D eigenvalue weighted by molar-refractivity contribution is 9.11. The average Bonchev–Trinajstić information content (AvgIpc) is 2.42. The van der Waals surface area contributed by atoms with E-state index in [2.05, 4.69) is 15.9 Å². The number of alkyl halides is 3. The molecule has 0 aliphatic carbocycles. The van der Waals surface area contributed by atoms with E-state index in [1.54, 1.807) is 0 Å². The van der Waals surface area contributed by atoms with Gasteiger partial charge in [-0.05, 0) is 34.0 Å². The fourth-order valence-electron chi connectivity index (χ4n) is 1.04. The summed E-state index contributed by atoms with van der Waals surface area (Å²) in [5.74, 6) is -1.19. The Bertz CT molecular complexity index is 372. The van der Waals surface area contributed by atoms with Crippen LogP contribution in [-0.4, -0.2) is 17.3 Å². The van der Waals surface area contributed by atoms with Crippen LogP contribution in [0, 0.1) is 0 Å². The molecule has 0 amide bonds. The van der Waals surface area contributed by atoms with E-state index in [-0.39, 0.29) is 16.9 Å². The molecule has 0 fully saturated rings. The van der Waals surface area contributed by atoms with Gasteiger partial charge in [-0.25, -0.2) is 4.79 Å². The number of carboxylic acids is 1. The highest BCUT2D eigenvalue weighted by Crippen LogP contribution is 2.30. The summed E-state index contributed by atoms with van der Waals surface area (Å²) in [7, 11) is 0. The quantitative estimate of drug-likeness (QED) is 0.924. The number of carbonyl (C=O) groups is 1. The summed E-state index contributed by atoms with van der Waals surface area (Å²) in [4.78, 5) is 10.6. The highest BCUT2D eigenvalue weighted by atomic mass is 79.9. The van der Waals surface area contributed by atoms with E-state index in [0.717, 1.165) is 11.3 Å². The van der Waals surface area contributed by atoms with Crippen LogP contribution in [0.25, 0.3) is 0 Å². The Hall–Kier alpha value is -0.560. The molecule has 0 spiro atoms. The molecular formula is C8H6BrF3O2S. The van der Waals surface area contributed by atoms with Gasteiger partial charge < -0.3 is 5.11 Å². The molecule has 1 aromatic rings. The average molecular weight is 303 g/mol. The molecular weight excluding hydrogens is 297 g/mol. The lowest BCUT2D eigenvalue weighted by atomic mass is 10.1. The van der Waals surface area contributed by atoms with Gasteiger partial charge in [-0.2, -0.15) is 13.2 Å². The van der Waals surface area contributed by atoms with Crippen LogP contribution in [0.4, 0.5) is 13.2 Å². The van der Waals surface area contributed by atoms with Crippen LogP contribution in [0.2, 0.25) is 0 Å². The van der Waals surface area contributed by atoms with E-state index in [4.69, 9.17) is 5.11 Å². The van der Waals surface area contributed by atoms with Crippen molar-refractivity contribution in [3.8, 4) is 0 Å². The number of thiophene rings is 1. The van der Waals surface area contributed by atoms with Crippen LogP contribution < -0.4 is 0 Å². The maximum atomic E-state index is 11.9. The van der Waals surface area contributed by atoms with Gasteiger partial charge in [0.15, 0.2) is 0 Å². The van der Waals surface area contributed by atoms with Gasteiger partial charge >= 0.3 is 12.1 Å². The van der Waals surface area contributed by atoms with Crippen molar-refractivity contribution in [2.24, 2.45) is 0 Å². The molecule has 1 N–H and O–H groups in total. The smallest absolute Gasteiger partial charge is 0.389 e. The van der Waals surface area contributed by atoms with E-state index < -0.39 is 18.6 Å². The fourth-order valence-corrected chi connectivity index (χ4v) is 2.58. The van der Waals surface area contributed by atoms with Crippen LogP contribution >= 0.6 is 27.3 Å². The summed E-state index contributed by atoms with van der Waals surface area (Å²) >= 11 is 3.97. The third-order valence-corrected chi connectivity index (χ3v) is 3.32. The Morgan fingerprint density at radius 3 is 2.60 bits per heavy atom. The molecule has 1 heterocycles. The molecule has 0 saturated heterocycles. The molecule has 1 rings (SSSR count). The van der Waals surface area contributed by atoms with Crippen molar-refractivity contribution >= 4 is 33.2 Å². The Kier molecular flexibility index (Phi) is 3.77. The van der Waals surface area contributed by atoms with Crippen molar-refractivity contribution in [1.82, 2.24) is 0 Å². The molecule has 15 heavy (non-hydrogen) atoms. The number of halogens is 4. The maximum absolute atomic E-state index is 11.9. The topological polar surface area (TPSA) is 37.3 Å². The van der Waals surface area contributed by atoms with Gasteiger partial charge in [0.05, 0.1) is 3.79 Å². The van der Waals surface area contributed by atoms with Gasteiger partial charge in [-0.1, -0.05) is 0 Å². The number of aryl methyl sites for hydroxylation is 1. The summed E-state index contributed by atoms with van der Waals surface area (Å²) in [6.07, 6.45) is -5.56. The summed E-state index contributed by atoms with van der Waals surface area (Å²) in [5.41, 5.74) is 0.219. The second-order valence-electron chi connectivity index (χ2n) is 2.83. The second-order valence-corrected chi connectivity index (χ2v) is 5.26. The van der Waals surface area contributed by atoms with Crippen molar-refractivity contribution in [3.05, 3.63) is 20.3 Å². The third kappa shape index (κ3) is 3.83. The Labute approximate surface area is 95.9 Å². The number of carboxylic acid groups (broad SMARTS) is 1. The molecule has 84 valence electrons. The molecule has 0 aromatic carbocycles. The lowest BCUT2D eigenvalue weighted by Crippen LogP contribution is -2.09. The van der Waals surface area contributed by atoms with Crippen molar-refractivity contribution in [2.45, 2.75) is 19.0 Å². The Morgan fingerprint density at radius 2 is 2.13 bits per heavy atom. The fraction of sp³-hybridized carbons (Fsp3) is 0.375. The largest absolute Gasteiger partial charge is 0.477 e. The minimum absolute atomic E-state index is 0.0360. The summed E-state index contributed by atoms with van der Waals surface area (Å²) in [6, 6.07) is 1.42. The van der Waals surface area contributed by atoms with Gasteiger partial charge in [0.1, 0.15) is 4.88 Å². The van der Waals surface area contributed by atoms with Crippen LogP contribution in [0.5, 0.6) is 0 Å². The Morgan fingerprint density at radius 1 is 1.53 bits per heavy atom. The minimum atomic E-state index is -4.26. The molecule has 0 saturated carbocycles. The van der Waals surface area contributed by atoms with Crippen molar-refractivity contribution in [3.63, 3.8) is 0 Å². The van der Waals surface area contributed by atoms with Crippen LogP contribution in [0.15, 0.2) is 9.85 Å². The second kappa shape index (κ2) is 4.52. The molecule has 0 aliphatic rings. The number of hydrogen-bond donors (Lipinski definition) is 1. The first-order chi connectivity index (χ1) is 6.79. The predicted octanol–water partition coefficient (Wildman–Crippen LogP) is 3.70. The third-order valence-electron chi connectivity index (χ3n) is 1.65. The van der Waals surface area contributed by atoms with Crippen molar-refractivity contribution in [1.29, 1.82) is 0 Å². The van der Waals surface area contributed by atoms with Gasteiger partial charge in [0, 0.05) is 6.42 Å². The van der Waals surface area contributed by atoms with Gasteiger partial charge in [0.25, 0.3) is 0 Å². The first kappa shape index (κ1) is 12.5. The molecule has 0 atom stereocenters. The minimum Gasteiger partial charge on any atom is -0.477 e.